The van der Waals surface area contributed by atoms with Crippen LogP contribution in [-0.2, 0) is 16.1 Å². The van der Waals surface area contributed by atoms with Gasteiger partial charge in [0.2, 0.25) is 5.91 Å². The molecule has 140 valence electrons. The molecule has 1 amide bonds. The molecule has 0 bridgehead atoms. The molecule has 4 N–H and O–H groups in total. The standard InChI is InChI=1S/C18H28N2O5/c1-23-16-4-3-13(9-17(16)24-2)11-25-12-15(21)10-20-7-5-14(6-8-20)18(19)22/h3-4,9,14-15,21H,5-8,10-12H2,1-2H3,(H2,19,22)/p+1/t15-/m0/s1. The quantitative estimate of drug-likeness (QED) is 0.549. The highest BCUT2D eigenvalue weighted by atomic mass is 16.5. The molecular formula is C18H29N2O5+. The molecule has 1 aliphatic heterocycles. The summed E-state index contributed by atoms with van der Waals surface area (Å²) in [6, 6.07) is 5.61. The molecule has 0 unspecified atom stereocenters. The molecule has 0 radical (unpaired) electrons. The van der Waals surface area contributed by atoms with E-state index in [-0.39, 0.29) is 18.4 Å². The molecule has 0 aliphatic carbocycles. The number of hydrogen-bond acceptors (Lipinski definition) is 5. The summed E-state index contributed by atoms with van der Waals surface area (Å²) < 4.78 is 16.1. The van der Waals surface area contributed by atoms with Crippen LogP contribution in [0.3, 0.4) is 0 Å². The monoisotopic (exact) mass is 353 g/mol. The molecule has 0 aromatic heterocycles. The van der Waals surface area contributed by atoms with Crippen molar-refractivity contribution in [2.24, 2.45) is 11.7 Å². The molecule has 1 aromatic rings. The minimum Gasteiger partial charge on any atom is -0.493 e. The average molecular weight is 353 g/mol. The van der Waals surface area contributed by atoms with E-state index in [4.69, 9.17) is 19.9 Å². The van der Waals surface area contributed by atoms with Gasteiger partial charge < -0.3 is 30.0 Å². The first-order valence-electron chi connectivity index (χ1n) is 8.63. The number of rotatable bonds is 9. The Hall–Kier alpha value is -1.83. The van der Waals surface area contributed by atoms with E-state index in [2.05, 4.69) is 0 Å². The van der Waals surface area contributed by atoms with E-state index in [0.717, 1.165) is 31.5 Å². The van der Waals surface area contributed by atoms with Gasteiger partial charge in [-0.1, -0.05) is 6.07 Å². The Labute approximate surface area is 148 Å². The van der Waals surface area contributed by atoms with Gasteiger partial charge >= 0.3 is 0 Å². The van der Waals surface area contributed by atoms with Gasteiger partial charge in [0.05, 0.1) is 40.5 Å². The van der Waals surface area contributed by atoms with Crippen molar-refractivity contribution in [1.82, 2.24) is 0 Å². The van der Waals surface area contributed by atoms with E-state index >= 15 is 0 Å². The Balaban J connectivity index is 1.70. The second-order valence-corrected chi connectivity index (χ2v) is 6.49. The maximum atomic E-state index is 11.2. The number of likely N-dealkylation sites (tertiary alicyclic amines) is 1. The van der Waals surface area contributed by atoms with Gasteiger partial charge in [0, 0.05) is 18.8 Å². The smallest absolute Gasteiger partial charge is 0.220 e. The summed E-state index contributed by atoms with van der Waals surface area (Å²) in [5, 5.41) is 10.2. The zero-order valence-corrected chi connectivity index (χ0v) is 15.0. The molecule has 0 saturated carbocycles. The van der Waals surface area contributed by atoms with Gasteiger partial charge in [-0.15, -0.1) is 0 Å². The van der Waals surface area contributed by atoms with E-state index in [1.54, 1.807) is 14.2 Å². The van der Waals surface area contributed by atoms with E-state index in [0.29, 0.717) is 24.7 Å². The molecule has 1 fully saturated rings. The van der Waals surface area contributed by atoms with Crippen LogP contribution >= 0.6 is 0 Å². The van der Waals surface area contributed by atoms with Gasteiger partial charge in [0.15, 0.2) is 11.5 Å². The molecule has 1 atom stereocenters. The van der Waals surface area contributed by atoms with Gasteiger partial charge in [0.1, 0.15) is 12.6 Å². The first-order valence-corrected chi connectivity index (χ1v) is 8.63. The number of carbonyl (C=O) groups is 1. The summed E-state index contributed by atoms with van der Waals surface area (Å²) in [5.41, 5.74) is 6.30. The summed E-state index contributed by atoms with van der Waals surface area (Å²) in [6.45, 7) is 3.02. The van der Waals surface area contributed by atoms with Crippen LogP contribution in [0.1, 0.15) is 18.4 Å². The Bertz CT molecular complexity index is 558. The van der Waals surface area contributed by atoms with Crippen molar-refractivity contribution in [1.29, 1.82) is 0 Å². The number of piperidine rings is 1. The average Bonchev–Trinajstić information content (AvgIpc) is 2.62. The van der Waals surface area contributed by atoms with Crippen LogP contribution in [0.5, 0.6) is 11.5 Å². The van der Waals surface area contributed by atoms with Crippen LogP contribution in [0.15, 0.2) is 18.2 Å². The van der Waals surface area contributed by atoms with Gasteiger partial charge in [-0.2, -0.15) is 0 Å². The number of aliphatic hydroxyl groups excluding tert-OH is 1. The van der Waals surface area contributed by atoms with Crippen LogP contribution < -0.4 is 20.1 Å². The van der Waals surface area contributed by atoms with Crippen LogP contribution in [0, 0.1) is 5.92 Å². The molecule has 7 heteroatoms. The Morgan fingerprint density at radius 2 is 1.96 bits per heavy atom. The number of amides is 1. The molecule has 0 spiro atoms. The van der Waals surface area contributed by atoms with Gasteiger partial charge in [-0.3, -0.25) is 4.79 Å². The van der Waals surface area contributed by atoms with Crippen molar-refractivity contribution < 1.29 is 29.0 Å². The Morgan fingerprint density at radius 3 is 2.56 bits per heavy atom. The second kappa shape index (κ2) is 9.60. The lowest BCUT2D eigenvalue weighted by molar-refractivity contribution is -0.908. The normalized spacial score (nSPS) is 21.6. The molecule has 25 heavy (non-hydrogen) atoms. The highest BCUT2D eigenvalue weighted by molar-refractivity contribution is 5.76. The molecule has 1 heterocycles. The third-order valence-electron chi connectivity index (χ3n) is 4.65. The van der Waals surface area contributed by atoms with Crippen LogP contribution in [0.4, 0.5) is 0 Å². The van der Waals surface area contributed by atoms with E-state index in [1.165, 1.54) is 4.90 Å². The predicted molar refractivity (Wildman–Crippen MR) is 92.7 cm³/mol. The molecule has 7 nitrogen and oxygen atoms in total. The highest BCUT2D eigenvalue weighted by Gasteiger charge is 2.27. The van der Waals surface area contributed by atoms with Crippen molar-refractivity contribution >= 4 is 5.91 Å². The summed E-state index contributed by atoms with van der Waals surface area (Å²) in [4.78, 5) is 12.5. The lowest BCUT2D eigenvalue weighted by atomic mass is 9.96. The first-order chi connectivity index (χ1) is 12.0. The Kier molecular flexibility index (Phi) is 7.49. The fraction of sp³-hybridized carbons (Fsp3) is 0.611. The van der Waals surface area contributed by atoms with Crippen molar-refractivity contribution in [3.8, 4) is 11.5 Å². The van der Waals surface area contributed by atoms with Gasteiger partial charge in [0.25, 0.3) is 0 Å². The molecule has 1 aliphatic rings. The lowest BCUT2D eigenvalue weighted by Crippen LogP contribution is -3.14. The maximum absolute atomic E-state index is 11.2. The van der Waals surface area contributed by atoms with Crippen LogP contribution in [0.2, 0.25) is 0 Å². The highest BCUT2D eigenvalue weighted by Crippen LogP contribution is 2.27. The lowest BCUT2D eigenvalue weighted by Gasteiger charge is -2.29. The summed E-state index contributed by atoms with van der Waals surface area (Å²) in [7, 11) is 3.19. The molecule has 2 rings (SSSR count). The Morgan fingerprint density at radius 1 is 1.28 bits per heavy atom. The number of aliphatic hydroxyl groups is 1. The van der Waals surface area contributed by atoms with Crippen LogP contribution in [0.25, 0.3) is 0 Å². The number of quaternary nitrogens is 1. The molecular weight excluding hydrogens is 324 g/mol. The minimum atomic E-state index is -0.528. The first kappa shape index (κ1) is 19.5. The number of carbonyl (C=O) groups excluding carboxylic acids is 1. The number of ether oxygens (including phenoxy) is 3. The molecule has 1 saturated heterocycles. The van der Waals surface area contributed by atoms with Crippen LogP contribution in [-0.4, -0.2) is 57.6 Å². The third kappa shape index (κ3) is 5.88. The summed E-state index contributed by atoms with van der Waals surface area (Å²) in [6.07, 6.45) is 1.06. The topological polar surface area (TPSA) is 95.5 Å². The van der Waals surface area contributed by atoms with E-state index < -0.39 is 6.10 Å². The number of methoxy groups -OCH3 is 2. The van der Waals surface area contributed by atoms with Gasteiger partial charge in [-0.25, -0.2) is 0 Å². The fourth-order valence-corrected chi connectivity index (χ4v) is 3.19. The largest absolute Gasteiger partial charge is 0.493 e. The summed E-state index contributed by atoms with van der Waals surface area (Å²) >= 11 is 0. The van der Waals surface area contributed by atoms with Crippen molar-refractivity contribution in [3.05, 3.63) is 23.8 Å². The second-order valence-electron chi connectivity index (χ2n) is 6.49. The number of hydrogen-bond donors (Lipinski definition) is 3. The van der Waals surface area contributed by atoms with E-state index in [9.17, 15) is 9.90 Å². The fourth-order valence-electron chi connectivity index (χ4n) is 3.19. The minimum absolute atomic E-state index is 0.0119. The van der Waals surface area contributed by atoms with Crippen molar-refractivity contribution in [2.45, 2.75) is 25.6 Å². The predicted octanol–water partition coefficient (Wildman–Crippen LogP) is -0.638. The number of primary amides is 1. The van der Waals surface area contributed by atoms with Gasteiger partial charge in [-0.05, 0) is 17.7 Å². The number of benzene rings is 1. The van der Waals surface area contributed by atoms with Crippen molar-refractivity contribution in [3.63, 3.8) is 0 Å². The third-order valence-corrected chi connectivity index (χ3v) is 4.65. The number of nitrogens with one attached hydrogen (secondary N) is 1. The van der Waals surface area contributed by atoms with Crippen molar-refractivity contribution in [2.75, 3.05) is 40.5 Å². The van der Waals surface area contributed by atoms with E-state index in [1.807, 2.05) is 18.2 Å². The maximum Gasteiger partial charge on any atom is 0.220 e. The summed E-state index contributed by atoms with van der Waals surface area (Å²) in [5.74, 6) is 1.11. The molecule has 1 aromatic carbocycles. The zero-order chi connectivity index (χ0) is 18.2. The SMILES string of the molecule is COc1ccc(COC[C@@H](O)C[NH+]2CCC(C(N)=O)CC2)cc1OC. The number of nitrogens with two attached hydrogens (primary N) is 1. The zero-order valence-electron chi connectivity index (χ0n) is 15.0.